The molecule has 3 aromatic carbocycles. The molecule has 0 radical (unpaired) electrons. The number of aryl methyl sites for hydroxylation is 4. The van der Waals surface area contributed by atoms with Gasteiger partial charge >= 0.3 is 0 Å². The smallest absolute Gasteiger partial charge is 0.262 e. The molecule has 0 aromatic heterocycles. The molecule has 1 N–H and O–H groups in total. The third kappa shape index (κ3) is 4.40. The molecule has 7 heteroatoms. The van der Waals surface area contributed by atoms with E-state index in [9.17, 15) is 13.2 Å². The highest BCUT2D eigenvalue weighted by Crippen LogP contribution is 2.42. The third-order valence-electron chi connectivity index (χ3n) is 5.47. The molecule has 1 aliphatic heterocycles. The number of amides is 1. The van der Waals surface area contributed by atoms with Crippen LogP contribution in [0.4, 0.5) is 11.4 Å². The summed E-state index contributed by atoms with van der Waals surface area (Å²) in [5, 5.41) is -0.142. The standard InChI is InChI=1S/C25H26N2O3S2/c1-16-6-5-7-22(14-16)27-23(28)15-31-25(27)20-8-10-21(11-9-20)26-32(29,30)24-18(3)12-17(2)13-19(24)4/h5-14,25-26H,15H2,1-4H3/t25-/m0/s1. The Balaban J connectivity index is 1.59. The van der Waals surface area contributed by atoms with Gasteiger partial charge in [-0.3, -0.25) is 14.4 Å². The molecule has 1 atom stereocenters. The number of nitrogens with zero attached hydrogens (tertiary/aromatic N) is 1. The van der Waals surface area contributed by atoms with Crippen LogP contribution < -0.4 is 9.62 Å². The summed E-state index contributed by atoms with van der Waals surface area (Å²) in [6.45, 7) is 7.58. The topological polar surface area (TPSA) is 66.5 Å². The predicted molar refractivity (Wildman–Crippen MR) is 132 cm³/mol. The predicted octanol–water partition coefficient (Wildman–Crippen LogP) is 5.50. The van der Waals surface area contributed by atoms with E-state index in [1.165, 1.54) is 0 Å². The summed E-state index contributed by atoms with van der Waals surface area (Å²) in [4.78, 5) is 14.7. The minimum absolute atomic E-state index is 0.0701. The molecule has 1 saturated heterocycles. The van der Waals surface area contributed by atoms with Gasteiger partial charge in [-0.15, -0.1) is 11.8 Å². The highest BCUT2D eigenvalue weighted by Gasteiger charge is 2.34. The van der Waals surface area contributed by atoms with E-state index in [1.54, 1.807) is 23.9 Å². The van der Waals surface area contributed by atoms with Crippen LogP contribution in [0.15, 0.2) is 65.6 Å². The van der Waals surface area contributed by atoms with Gasteiger partial charge in [-0.2, -0.15) is 0 Å². The Morgan fingerprint density at radius 1 is 0.906 bits per heavy atom. The summed E-state index contributed by atoms with van der Waals surface area (Å²) in [7, 11) is -3.71. The molecule has 4 rings (SSSR count). The number of nitrogens with one attached hydrogen (secondary N) is 1. The van der Waals surface area contributed by atoms with Crippen LogP contribution in [0.25, 0.3) is 0 Å². The Morgan fingerprint density at radius 3 is 2.19 bits per heavy atom. The zero-order valence-electron chi connectivity index (χ0n) is 18.5. The van der Waals surface area contributed by atoms with Crippen LogP contribution in [-0.4, -0.2) is 20.1 Å². The molecule has 5 nitrogen and oxygen atoms in total. The number of thioether (sulfide) groups is 1. The second-order valence-corrected chi connectivity index (χ2v) is 10.9. The van der Waals surface area contributed by atoms with Crippen molar-refractivity contribution in [3.8, 4) is 0 Å². The molecular weight excluding hydrogens is 440 g/mol. The quantitative estimate of drug-likeness (QED) is 0.539. The van der Waals surface area contributed by atoms with E-state index < -0.39 is 10.0 Å². The maximum atomic E-state index is 13.0. The Kier molecular flexibility index (Phi) is 6.05. The summed E-state index contributed by atoms with van der Waals surface area (Å²) in [6, 6.07) is 18.9. The first-order valence-corrected chi connectivity index (χ1v) is 12.9. The number of anilines is 2. The van der Waals surface area contributed by atoms with Gasteiger partial charge in [0, 0.05) is 11.4 Å². The van der Waals surface area contributed by atoms with Crippen molar-refractivity contribution in [1.82, 2.24) is 0 Å². The van der Waals surface area contributed by atoms with Gasteiger partial charge in [0.25, 0.3) is 10.0 Å². The number of sulfonamides is 1. The van der Waals surface area contributed by atoms with Gasteiger partial charge in [0.2, 0.25) is 5.91 Å². The lowest BCUT2D eigenvalue weighted by Gasteiger charge is -2.25. The van der Waals surface area contributed by atoms with Crippen molar-refractivity contribution in [2.24, 2.45) is 0 Å². The fraction of sp³-hybridized carbons (Fsp3) is 0.240. The van der Waals surface area contributed by atoms with Crippen molar-refractivity contribution in [2.45, 2.75) is 38.0 Å². The lowest BCUT2D eigenvalue weighted by Crippen LogP contribution is -2.27. The molecule has 1 fully saturated rings. The zero-order valence-corrected chi connectivity index (χ0v) is 20.2. The van der Waals surface area contributed by atoms with E-state index >= 15 is 0 Å². The monoisotopic (exact) mass is 466 g/mol. The molecule has 1 heterocycles. The minimum atomic E-state index is -3.71. The number of hydrogen-bond acceptors (Lipinski definition) is 4. The van der Waals surface area contributed by atoms with Crippen LogP contribution in [0.1, 0.15) is 33.2 Å². The van der Waals surface area contributed by atoms with E-state index in [-0.39, 0.29) is 11.3 Å². The van der Waals surface area contributed by atoms with Crippen molar-refractivity contribution in [2.75, 3.05) is 15.4 Å². The van der Waals surface area contributed by atoms with E-state index in [1.807, 2.05) is 81.1 Å². The summed E-state index contributed by atoms with van der Waals surface area (Å²) in [6.07, 6.45) is 0. The Bertz CT molecular complexity index is 1260. The molecule has 166 valence electrons. The van der Waals surface area contributed by atoms with E-state index in [0.717, 1.165) is 33.5 Å². The molecule has 32 heavy (non-hydrogen) atoms. The van der Waals surface area contributed by atoms with E-state index in [2.05, 4.69) is 4.72 Å². The Morgan fingerprint density at radius 2 is 1.56 bits per heavy atom. The summed E-state index contributed by atoms with van der Waals surface area (Å²) in [5.41, 5.74) is 5.89. The average Bonchev–Trinajstić information content (AvgIpc) is 3.08. The zero-order chi connectivity index (χ0) is 23.0. The van der Waals surface area contributed by atoms with Crippen LogP contribution in [0.3, 0.4) is 0 Å². The Hall–Kier alpha value is -2.77. The van der Waals surface area contributed by atoms with Crippen molar-refractivity contribution in [1.29, 1.82) is 0 Å². The summed E-state index contributed by atoms with van der Waals surface area (Å²) < 4.78 is 28.8. The van der Waals surface area contributed by atoms with E-state index in [0.29, 0.717) is 16.3 Å². The normalized spacial score (nSPS) is 16.4. The molecular formula is C25H26N2O3S2. The lowest BCUT2D eigenvalue weighted by molar-refractivity contribution is -0.115. The summed E-state index contributed by atoms with van der Waals surface area (Å²) >= 11 is 1.57. The van der Waals surface area contributed by atoms with Gasteiger partial charge < -0.3 is 0 Å². The second kappa shape index (κ2) is 8.64. The SMILES string of the molecule is Cc1cccc(N2C(=O)CS[C@H]2c2ccc(NS(=O)(=O)c3c(C)cc(C)cc3C)cc2)c1. The first-order valence-electron chi connectivity index (χ1n) is 10.4. The lowest BCUT2D eigenvalue weighted by atomic mass is 10.1. The van der Waals surface area contributed by atoms with Crippen molar-refractivity contribution < 1.29 is 13.2 Å². The van der Waals surface area contributed by atoms with Crippen LogP contribution in [-0.2, 0) is 14.8 Å². The van der Waals surface area contributed by atoms with E-state index in [4.69, 9.17) is 0 Å². The molecule has 0 bridgehead atoms. The van der Waals surface area contributed by atoms with Crippen LogP contribution >= 0.6 is 11.8 Å². The maximum absolute atomic E-state index is 13.0. The number of benzene rings is 3. The van der Waals surface area contributed by atoms with Gasteiger partial charge in [-0.05, 0) is 74.2 Å². The van der Waals surface area contributed by atoms with Gasteiger partial charge in [-0.25, -0.2) is 8.42 Å². The van der Waals surface area contributed by atoms with Gasteiger partial charge in [0.05, 0.1) is 10.6 Å². The fourth-order valence-corrected chi connectivity index (χ4v) is 6.93. The molecule has 3 aromatic rings. The molecule has 0 spiro atoms. The van der Waals surface area contributed by atoms with Crippen LogP contribution in [0.2, 0.25) is 0 Å². The molecule has 1 amide bonds. The highest BCUT2D eigenvalue weighted by atomic mass is 32.2. The number of hydrogen-bond donors (Lipinski definition) is 1. The van der Waals surface area contributed by atoms with Gasteiger partial charge in [0.15, 0.2) is 0 Å². The molecule has 0 aliphatic carbocycles. The fourth-order valence-electron chi connectivity index (χ4n) is 4.24. The molecule has 1 aliphatic rings. The van der Waals surface area contributed by atoms with Crippen molar-refractivity contribution >= 4 is 39.1 Å². The van der Waals surface area contributed by atoms with Crippen molar-refractivity contribution in [3.05, 3.63) is 88.5 Å². The third-order valence-corrected chi connectivity index (χ3v) is 8.37. The van der Waals surface area contributed by atoms with Gasteiger partial charge in [-0.1, -0.05) is 42.0 Å². The minimum Gasteiger partial charge on any atom is -0.295 e. The molecule has 0 saturated carbocycles. The van der Waals surface area contributed by atoms with Gasteiger partial charge in [0.1, 0.15) is 5.37 Å². The first-order chi connectivity index (χ1) is 15.2. The van der Waals surface area contributed by atoms with Crippen LogP contribution in [0.5, 0.6) is 0 Å². The molecule has 0 unspecified atom stereocenters. The summed E-state index contributed by atoms with van der Waals surface area (Å²) in [5.74, 6) is 0.486. The maximum Gasteiger partial charge on any atom is 0.262 e. The number of rotatable bonds is 5. The van der Waals surface area contributed by atoms with Crippen molar-refractivity contribution in [3.63, 3.8) is 0 Å². The second-order valence-electron chi connectivity index (χ2n) is 8.22. The first kappa shape index (κ1) is 22.4. The average molecular weight is 467 g/mol. The number of carbonyl (C=O) groups is 1. The Labute approximate surface area is 193 Å². The largest absolute Gasteiger partial charge is 0.295 e. The van der Waals surface area contributed by atoms with Crippen LogP contribution in [0, 0.1) is 27.7 Å². The number of carbonyl (C=O) groups excluding carboxylic acids is 1. The highest BCUT2D eigenvalue weighted by molar-refractivity contribution is 8.00.